The van der Waals surface area contributed by atoms with E-state index in [1.807, 2.05) is 12.1 Å². The van der Waals surface area contributed by atoms with Gasteiger partial charge in [-0.2, -0.15) is 5.26 Å². The average molecular weight is 457 g/mol. The summed E-state index contributed by atoms with van der Waals surface area (Å²) in [5, 5.41) is 10.2. The van der Waals surface area contributed by atoms with E-state index in [0.717, 1.165) is 23.6 Å². The second kappa shape index (κ2) is 7.69. The lowest BCUT2D eigenvalue weighted by Crippen LogP contribution is -2.06. The molecule has 1 heterocycles. The van der Waals surface area contributed by atoms with Crippen molar-refractivity contribution in [3.63, 3.8) is 0 Å². The van der Waals surface area contributed by atoms with Crippen LogP contribution in [0.1, 0.15) is 5.56 Å². The third kappa shape index (κ3) is 3.52. The minimum atomic E-state index is -4.12. The van der Waals surface area contributed by atoms with Crippen LogP contribution in [0.2, 0.25) is 10.0 Å². The molecule has 4 nitrogen and oxygen atoms in total. The van der Waals surface area contributed by atoms with Crippen molar-refractivity contribution in [2.45, 2.75) is 9.92 Å². The van der Waals surface area contributed by atoms with Gasteiger partial charge in [-0.1, -0.05) is 47.5 Å². The predicted molar refractivity (Wildman–Crippen MR) is 114 cm³/mol. The number of sulfone groups is 1. The van der Waals surface area contributed by atoms with E-state index in [1.165, 1.54) is 6.07 Å². The number of pyridine rings is 1. The number of hydrogen-bond donors (Lipinski definition) is 0. The van der Waals surface area contributed by atoms with Crippen molar-refractivity contribution in [1.82, 2.24) is 4.98 Å². The number of fused-ring (bicyclic) bond motifs is 1. The number of nitriles is 1. The number of nitrogens with zero attached hydrogens (tertiary/aromatic N) is 2. The van der Waals surface area contributed by atoms with Gasteiger partial charge in [0.25, 0.3) is 0 Å². The van der Waals surface area contributed by atoms with Crippen molar-refractivity contribution < 1.29 is 12.8 Å². The Kier molecular flexibility index (Phi) is 5.20. The van der Waals surface area contributed by atoms with Crippen LogP contribution < -0.4 is 0 Å². The van der Waals surface area contributed by atoms with Gasteiger partial charge in [0.2, 0.25) is 9.84 Å². The molecular formula is C22H11Cl2FN2O2S. The Morgan fingerprint density at radius 3 is 2.43 bits per heavy atom. The van der Waals surface area contributed by atoms with Crippen molar-refractivity contribution in [3.8, 4) is 17.2 Å². The molecule has 30 heavy (non-hydrogen) atoms. The highest BCUT2D eigenvalue weighted by atomic mass is 35.5. The Labute approximate surface area is 182 Å². The van der Waals surface area contributed by atoms with Gasteiger partial charge in [-0.25, -0.2) is 17.8 Å². The second-order valence-corrected chi connectivity index (χ2v) is 9.12. The Bertz CT molecular complexity index is 1460. The maximum Gasteiger partial charge on any atom is 0.223 e. The SMILES string of the molecule is N#Cc1cc(S(=O)(=O)c2cc(-c3ccc(Cl)c(Cl)c3)c3ccccc3n2)ccc1F. The van der Waals surface area contributed by atoms with Crippen molar-refractivity contribution in [1.29, 1.82) is 5.26 Å². The number of halogens is 3. The van der Waals surface area contributed by atoms with Crippen LogP contribution in [0.25, 0.3) is 22.0 Å². The van der Waals surface area contributed by atoms with Crippen LogP contribution in [-0.2, 0) is 9.84 Å². The molecule has 0 atom stereocenters. The van der Waals surface area contributed by atoms with Crippen LogP contribution in [0.5, 0.6) is 0 Å². The monoisotopic (exact) mass is 456 g/mol. The van der Waals surface area contributed by atoms with Crippen molar-refractivity contribution in [2.75, 3.05) is 0 Å². The Hall–Kier alpha value is -2.98. The topological polar surface area (TPSA) is 70.8 Å². The predicted octanol–water partition coefficient (Wildman–Crippen LogP) is 6.05. The summed E-state index contributed by atoms with van der Waals surface area (Å²) in [6, 6.07) is 18.2. The molecule has 0 aliphatic rings. The standard InChI is InChI=1S/C22H11Cl2FN2O2S/c23-18-7-5-13(10-19(18)24)17-11-22(27-21-4-2-1-3-16(17)21)30(28,29)15-6-8-20(25)14(9-15)12-26/h1-11H. The molecule has 0 unspecified atom stereocenters. The molecule has 0 saturated heterocycles. The minimum Gasteiger partial charge on any atom is -0.236 e. The third-order valence-electron chi connectivity index (χ3n) is 4.57. The Morgan fingerprint density at radius 1 is 0.933 bits per heavy atom. The maximum absolute atomic E-state index is 13.7. The molecule has 8 heteroatoms. The first-order valence-electron chi connectivity index (χ1n) is 8.61. The van der Waals surface area contributed by atoms with E-state index in [0.29, 0.717) is 26.7 Å². The molecule has 0 bridgehead atoms. The van der Waals surface area contributed by atoms with Crippen LogP contribution in [0.3, 0.4) is 0 Å². The van der Waals surface area contributed by atoms with Crippen LogP contribution in [-0.4, -0.2) is 13.4 Å². The van der Waals surface area contributed by atoms with Gasteiger partial charge >= 0.3 is 0 Å². The smallest absolute Gasteiger partial charge is 0.223 e. The summed E-state index contributed by atoms with van der Waals surface area (Å²) in [5.74, 6) is -0.792. The lowest BCUT2D eigenvalue weighted by atomic mass is 10.0. The van der Waals surface area contributed by atoms with Crippen LogP contribution >= 0.6 is 23.2 Å². The molecule has 0 saturated carbocycles. The number of para-hydroxylation sites is 1. The van der Waals surface area contributed by atoms with E-state index in [4.69, 9.17) is 28.5 Å². The van der Waals surface area contributed by atoms with Gasteiger partial charge < -0.3 is 0 Å². The van der Waals surface area contributed by atoms with Crippen molar-refractivity contribution in [2.24, 2.45) is 0 Å². The zero-order chi connectivity index (χ0) is 21.5. The lowest BCUT2D eigenvalue weighted by molar-refractivity contribution is 0.591. The number of rotatable bonds is 3. The first-order valence-corrected chi connectivity index (χ1v) is 10.8. The molecule has 0 radical (unpaired) electrons. The van der Waals surface area contributed by atoms with Crippen LogP contribution in [0, 0.1) is 17.1 Å². The summed E-state index contributed by atoms with van der Waals surface area (Å²) < 4.78 is 40.1. The van der Waals surface area contributed by atoms with Gasteiger partial charge in [0.1, 0.15) is 11.9 Å². The normalized spacial score (nSPS) is 11.4. The molecule has 0 spiro atoms. The molecule has 4 aromatic rings. The summed E-state index contributed by atoms with van der Waals surface area (Å²) >= 11 is 12.2. The van der Waals surface area contributed by atoms with Gasteiger partial charge in [-0.15, -0.1) is 0 Å². The average Bonchev–Trinajstić information content (AvgIpc) is 2.75. The Balaban J connectivity index is 1.98. The highest BCUT2D eigenvalue weighted by molar-refractivity contribution is 7.91. The highest BCUT2D eigenvalue weighted by Crippen LogP contribution is 2.35. The second-order valence-electron chi connectivity index (χ2n) is 6.41. The lowest BCUT2D eigenvalue weighted by Gasteiger charge is -2.12. The number of hydrogen-bond acceptors (Lipinski definition) is 4. The molecule has 0 fully saturated rings. The molecule has 0 aliphatic carbocycles. The van der Waals surface area contributed by atoms with E-state index < -0.39 is 15.7 Å². The molecule has 1 aromatic heterocycles. The number of aromatic nitrogens is 1. The molecule has 0 N–H and O–H groups in total. The van der Waals surface area contributed by atoms with E-state index >= 15 is 0 Å². The summed E-state index contributed by atoms with van der Waals surface area (Å²) in [5.41, 5.74) is 1.36. The molecular weight excluding hydrogens is 446 g/mol. The zero-order valence-electron chi connectivity index (χ0n) is 15.1. The number of benzene rings is 3. The van der Waals surface area contributed by atoms with Gasteiger partial charge in [0, 0.05) is 5.39 Å². The highest BCUT2D eigenvalue weighted by Gasteiger charge is 2.23. The van der Waals surface area contributed by atoms with Gasteiger partial charge in [-0.3, -0.25) is 0 Å². The zero-order valence-corrected chi connectivity index (χ0v) is 17.4. The molecule has 0 amide bonds. The van der Waals surface area contributed by atoms with Gasteiger partial charge in [-0.05, 0) is 53.6 Å². The fraction of sp³-hybridized carbons (Fsp3) is 0. The Morgan fingerprint density at radius 2 is 1.70 bits per heavy atom. The van der Waals surface area contributed by atoms with E-state index in [2.05, 4.69) is 4.98 Å². The summed E-state index contributed by atoms with van der Waals surface area (Å²) in [7, 11) is -4.12. The van der Waals surface area contributed by atoms with E-state index in [-0.39, 0.29) is 15.5 Å². The van der Waals surface area contributed by atoms with Crippen molar-refractivity contribution in [3.05, 3.63) is 88.2 Å². The quantitative estimate of drug-likeness (QED) is 0.351. The summed E-state index contributed by atoms with van der Waals surface area (Å²) in [4.78, 5) is 4.08. The summed E-state index contributed by atoms with van der Waals surface area (Å²) in [6.45, 7) is 0. The van der Waals surface area contributed by atoms with E-state index in [9.17, 15) is 12.8 Å². The van der Waals surface area contributed by atoms with Gasteiger partial charge in [0.15, 0.2) is 5.03 Å². The molecule has 0 aliphatic heterocycles. The van der Waals surface area contributed by atoms with Gasteiger partial charge in [0.05, 0.1) is 26.0 Å². The van der Waals surface area contributed by atoms with Crippen LogP contribution in [0.15, 0.2) is 76.7 Å². The van der Waals surface area contributed by atoms with Crippen LogP contribution in [0.4, 0.5) is 4.39 Å². The maximum atomic E-state index is 13.7. The largest absolute Gasteiger partial charge is 0.236 e. The fourth-order valence-electron chi connectivity index (χ4n) is 3.07. The molecule has 148 valence electrons. The van der Waals surface area contributed by atoms with Crippen molar-refractivity contribution >= 4 is 43.9 Å². The fourth-order valence-corrected chi connectivity index (χ4v) is 4.62. The molecule has 4 rings (SSSR count). The minimum absolute atomic E-state index is 0.219. The van der Waals surface area contributed by atoms with E-state index in [1.54, 1.807) is 36.4 Å². The first kappa shape index (κ1) is 20.3. The summed E-state index contributed by atoms with van der Waals surface area (Å²) in [6.07, 6.45) is 0. The third-order valence-corrected chi connectivity index (χ3v) is 6.94. The first-order chi connectivity index (χ1) is 14.3. The molecule has 3 aromatic carbocycles.